The van der Waals surface area contributed by atoms with Crippen LogP contribution in [0.25, 0.3) is 0 Å². The van der Waals surface area contributed by atoms with Gasteiger partial charge in [0.25, 0.3) is 0 Å². The van der Waals surface area contributed by atoms with Gasteiger partial charge in [-0.25, -0.2) is 0 Å². The molecule has 1 aliphatic rings. The van der Waals surface area contributed by atoms with Crippen LogP contribution in [0.1, 0.15) is 19.8 Å². The Labute approximate surface area is 77.3 Å². The van der Waals surface area contributed by atoms with Gasteiger partial charge in [-0.2, -0.15) is 0 Å². The Morgan fingerprint density at radius 3 is 2.75 bits per heavy atom. The summed E-state index contributed by atoms with van der Waals surface area (Å²) in [6.45, 7) is 2.23. The van der Waals surface area contributed by atoms with Crippen molar-refractivity contribution in [3.8, 4) is 0 Å². The van der Waals surface area contributed by atoms with Crippen LogP contribution < -0.4 is 0 Å². The number of hydrogen-bond acceptors (Lipinski definition) is 0. The Hall–Kier alpha value is 0.857. The molecule has 1 heteroatoms. The van der Waals surface area contributed by atoms with Crippen molar-refractivity contribution in [3.05, 3.63) is 18.8 Å². The molecule has 0 aliphatic heterocycles. The van der Waals surface area contributed by atoms with E-state index in [1.807, 2.05) is 0 Å². The Balaban J connectivity index is 2.70. The molecule has 0 aromatic rings. The van der Waals surface area contributed by atoms with Crippen LogP contribution in [0.15, 0.2) is 18.8 Å². The average molecular weight is 233 g/mol. The summed E-state index contributed by atoms with van der Waals surface area (Å²) in [4.78, 5) is 0. The van der Waals surface area contributed by atoms with E-state index < -0.39 is 0 Å². The van der Waals surface area contributed by atoms with Crippen molar-refractivity contribution < 1.29 is 39.6 Å². The van der Waals surface area contributed by atoms with Gasteiger partial charge in [-0.1, -0.05) is 0 Å². The van der Waals surface area contributed by atoms with Gasteiger partial charge in [0.05, 0.1) is 0 Å². The van der Waals surface area contributed by atoms with Crippen molar-refractivity contribution in [1.82, 2.24) is 0 Å². The van der Waals surface area contributed by atoms with Crippen molar-refractivity contribution in [2.75, 3.05) is 0 Å². The predicted molar refractivity (Wildman–Crippen MR) is 31.1 cm³/mol. The number of allylic oxidation sites excluding steroid dienone is 4. The Kier molecular flexibility index (Phi) is 2.73. The van der Waals surface area contributed by atoms with Crippen LogP contribution in [0.4, 0.5) is 0 Å². The molecule has 0 nitrogen and oxygen atoms in total. The summed E-state index contributed by atoms with van der Waals surface area (Å²) in [5, 5.41) is 0. The maximum absolute atomic E-state index is 2.27. The molecule has 0 saturated heterocycles. The molecular formula is C7H9Ce. The minimum absolute atomic E-state index is 1.23. The number of hydrogen-bond donors (Lipinski definition) is 0. The third-order valence-corrected chi connectivity index (χ3v) is 3.06. The normalized spacial score (nSPS) is 18.0. The summed E-state index contributed by atoms with van der Waals surface area (Å²) < 4.78 is 1.69. The van der Waals surface area contributed by atoms with Gasteiger partial charge in [0.1, 0.15) is 0 Å². The monoisotopic (exact) mass is 233 g/mol. The molecule has 41 valence electrons. The molecule has 0 radical (unpaired) electrons. The molecule has 1 aliphatic carbocycles. The summed E-state index contributed by atoms with van der Waals surface area (Å²) in [7, 11) is 0. The standard InChI is InChI=1S/C7H9.Ce/c1-2-7-5-3-4-6-7;/h3,5H,2,4H2,1H3;. The molecule has 0 fully saturated rings. The molecule has 1 rings (SSSR count). The third kappa shape index (κ3) is 1.42. The molecule has 0 amide bonds. The van der Waals surface area contributed by atoms with Crippen LogP contribution in [0.2, 0.25) is 0 Å². The zero-order valence-corrected chi connectivity index (χ0v) is 8.21. The van der Waals surface area contributed by atoms with Crippen molar-refractivity contribution >= 4 is 0 Å². The van der Waals surface area contributed by atoms with E-state index in [0.717, 1.165) is 0 Å². The fourth-order valence-corrected chi connectivity index (χ4v) is 2.07. The summed E-state index contributed by atoms with van der Waals surface area (Å²) in [5.41, 5.74) is 1.59. The first-order valence-corrected chi connectivity index (χ1v) is 4.51. The SMILES string of the molecule is CCC1=[C]([Ce])CC=C1. The molecule has 8 heavy (non-hydrogen) atoms. The fraction of sp³-hybridized carbons (Fsp3) is 0.429. The van der Waals surface area contributed by atoms with E-state index in [2.05, 4.69) is 19.1 Å². The molecular weight excluding hydrogens is 224 g/mol. The van der Waals surface area contributed by atoms with Gasteiger partial charge in [-0.3, -0.25) is 0 Å². The van der Waals surface area contributed by atoms with Crippen LogP contribution >= 0.6 is 0 Å². The van der Waals surface area contributed by atoms with E-state index in [0.29, 0.717) is 0 Å². The van der Waals surface area contributed by atoms with E-state index in [-0.39, 0.29) is 0 Å². The molecule has 0 spiro atoms. The van der Waals surface area contributed by atoms with Gasteiger partial charge in [0.15, 0.2) is 0 Å². The molecule has 0 N–H and O–H groups in total. The predicted octanol–water partition coefficient (Wildman–Crippen LogP) is 2.16. The molecule has 0 aromatic carbocycles. The van der Waals surface area contributed by atoms with Crippen LogP contribution in [0.5, 0.6) is 0 Å². The first-order chi connectivity index (χ1) is 3.84. The van der Waals surface area contributed by atoms with Gasteiger partial charge < -0.3 is 0 Å². The summed E-state index contributed by atoms with van der Waals surface area (Å²) in [5.74, 6) is 0. The summed E-state index contributed by atoms with van der Waals surface area (Å²) in [6.07, 6.45) is 7.01. The maximum atomic E-state index is 2.27. The zero-order valence-electron chi connectivity index (χ0n) is 5.07. The zero-order chi connectivity index (χ0) is 5.98. The van der Waals surface area contributed by atoms with E-state index in [9.17, 15) is 0 Å². The molecule has 0 aromatic heterocycles. The average Bonchev–Trinajstić information content (AvgIpc) is 2.14. The van der Waals surface area contributed by atoms with Crippen LogP contribution in [0, 0.1) is 39.6 Å². The fourth-order valence-electron chi connectivity index (χ4n) is 0.882. The number of rotatable bonds is 1. The first kappa shape index (κ1) is 6.97. The van der Waals surface area contributed by atoms with E-state index in [1.54, 1.807) is 6.66 Å². The van der Waals surface area contributed by atoms with Crippen LogP contribution in [-0.4, -0.2) is 0 Å². The topological polar surface area (TPSA) is 0 Å². The minimum atomic E-state index is 1.23. The summed E-state index contributed by atoms with van der Waals surface area (Å²) >= 11 is 1.26. The Morgan fingerprint density at radius 1 is 1.75 bits per heavy atom. The van der Waals surface area contributed by atoms with E-state index >= 15 is 0 Å². The van der Waals surface area contributed by atoms with Crippen LogP contribution in [-0.2, 0) is 0 Å². The van der Waals surface area contributed by atoms with Crippen molar-refractivity contribution in [2.45, 2.75) is 19.8 Å². The molecule has 0 saturated carbocycles. The van der Waals surface area contributed by atoms with E-state index in [4.69, 9.17) is 0 Å². The van der Waals surface area contributed by atoms with Gasteiger partial charge >= 0.3 is 78.2 Å². The Bertz CT molecular complexity index is 142. The van der Waals surface area contributed by atoms with E-state index in [1.165, 1.54) is 52.5 Å². The van der Waals surface area contributed by atoms with Gasteiger partial charge in [0.2, 0.25) is 0 Å². The molecule has 0 bridgehead atoms. The first-order valence-electron chi connectivity index (χ1n) is 2.94. The van der Waals surface area contributed by atoms with Crippen molar-refractivity contribution in [3.63, 3.8) is 0 Å². The third-order valence-electron chi connectivity index (χ3n) is 1.41. The summed E-state index contributed by atoms with van der Waals surface area (Å²) in [6, 6.07) is 0. The van der Waals surface area contributed by atoms with Crippen molar-refractivity contribution in [1.29, 1.82) is 0 Å². The molecule has 0 atom stereocenters. The van der Waals surface area contributed by atoms with Crippen LogP contribution in [0.3, 0.4) is 0 Å². The van der Waals surface area contributed by atoms with Gasteiger partial charge in [-0.15, -0.1) is 0 Å². The second-order valence-corrected chi connectivity index (χ2v) is 3.86. The van der Waals surface area contributed by atoms with Gasteiger partial charge in [0, 0.05) is 0 Å². The molecule has 0 heterocycles. The quantitative estimate of drug-likeness (QED) is 0.651. The van der Waals surface area contributed by atoms with Gasteiger partial charge in [-0.05, 0) is 0 Å². The molecule has 0 unspecified atom stereocenters. The Morgan fingerprint density at radius 2 is 2.50 bits per heavy atom. The second kappa shape index (κ2) is 3.13. The second-order valence-electron chi connectivity index (χ2n) is 1.96. The van der Waals surface area contributed by atoms with Crippen molar-refractivity contribution in [2.24, 2.45) is 0 Å².